The van der Waals surface area contributed by atoms with Crippen LogP contribution in [0.4, 0.5) is 0 Å². The van der Waals surface area contributed by atoms with Gasteiger partial charge in [-0.25, -0.2) is 0 Å². The van der Waals surface area contributed by atoms with Crippen LogP contribution in [-0.4, -0.2) is 33.7 Å². The standard InChI is InChI=1S/C10H13NO2.C7H15NO2/c1-10(11,9(12)13)7-8-5-3-2-4-6-8;1-2-3-4-5-6(8)7(9)10/h2-6H,7,11H2,1H3,(H,12,13);6H,2-5,8H2,1H3,(H,9,10). The predicted octanol–water partition coefficient (Wildman–Crippen LogP) is 2.01. The fourth-order valence-corrected chi connectivity index (χ4v) is 1.83. The molecule has 1 aromatic carbocycles. The first-order valence-corrected chi connectivity index (χ1v) is 7.75. The summed E-state index contributed by atoms with van der Waals surface area (Å²) < 4.78 is 0. The number of carboxylic acids is 2. The van der Waals surface area contributed by atoms with Crippen molar-refractivity contribution < 1.29 is 19.8 Å². The van der Waals surface area contributed by atoms with Crippen molar-refractivity contribution in [3.05, 3.63) is 35.9 Å². The van der Waals surface area contributed by atoms with Gasteiger partial charge in [-0.05, 0) is 18.9 Å². The molecule has 2 atom stereocenters. The molecule has 0 aromatic heterocycles. The number of carbonyl (C=O) groups is 2. The number of benzene rings is 1. The van der Waals surface area contributed by atoms with E-state index in [1.54, 1.807) is 0 Å². The Morgan fingerprint density at radius 3 is 2.17 bits per heavy atom. The van der Waals surface area contributed by atoms with E-state index >= 15 is 0 Å². The van der Waals surface area contributed by atoms with Gasteiger partial charge in [0.2, 0.25) is 0 Å². The number of carboxylic acid groups (broad SMARTS) is 2. The lowest BCUT2D eigenvalue weighted by Gasteiger charge is -2.18. The molecule has 0 aliphatic heterocycles. The molecule has 0 aliphatic rings. The normalized spacial score (nSPS) is 14.1. The summed E-state index contributed by atoms with van der Waals surface area (Å²) in [6.07, 6.45) is 4.05. The van der Waals surface area contributed by atoms with Crippen molar-refractivity contribution in [3.8, 4) is 0 Å². The molecule has 23 heavy (non-hydrogen) atoms. The molecule has 130 valence electrons. The van der Waals surface area contributed by atoms with Gasteiger partial charge in [0.25, 0.3) is 0 Å². The van der Waals surface area contributed by atoms with Gasteiger partial charge in [0.1, 0.15) is 11.6 Å². The Morgan fingerprint density at radius 1 is 1.17 bits per heavy atom. The average Bonchev–Trinajstić information content (AvgIpc) is 2.48. The zero-order chi connectivity index (χ0) is 17.9. The molecule has 6 nitrogen and oxygen atoms in total. The predicted molar refractivity (Wildman–Crippen MR) is 90.1 cm³/mol. The van der Waals surface area contributed by atoms with E-state index in [-0.39, 0.29) is 0 Å². The Kier molecular flexibility index (Phi) is 9.85. The molecule has 0 radical (unpaired) electrons. The first kappa shape index (κ1) is 21.1. The van der Waals surface area contributed by atoms with Crippen molar-refractivity contribution in [1.29, 1.82) is 0 Å². The van der Waals surface area contributed by atoms with Gasteiger partial charge in [-0.15, -0.1) is 0 Å². The maximum Gasteiger partial charge on any atom is 0.323 e. The summed E-state index contributed by atoms with van der Waals surface area (Å²) in [4.78, 5) is 20.9. The number of unbranched alkanes of at least 4 members (excludes halogenated alkanes) is 2. The molecule has 0 saturated heterocycles. The molecule has 1 rings (SSSR count). The molecule has 0 aliphatic carbocycles. The van der Waals surface area contributed by atoms with Crippen LogP contribution in [0, 0.1) is 0 Å². The van der Waals surface area contributed by atoms with Crippen molar-refractivity contribution in [1.82, 2.24) is 0 Å². The number of hydrogen-bond acceptors (Lipinski definition) is 4. The Hall–Kier alpha value is -1.92. The highest BCUT2D eigenvalue weighted by atomic mass is 16.4. The molecule has 0 heterocycles. The van der Waals surface area contributed by atoms with Crippen molar-refractivity contribution in [2.75, 3.05) is 0 Å². The second kappa shape index (κ2) is 10.7. The number of nitrogens with two attached hydrogens (primary N) is 2. The van der Waals surface area contributed by atoms with E-state index in [0.29, 0.717) is 12.8 Å². The summed E-state index contributed by atoms with van der Waals surface area (Å²) in [6, 6.07) is 8.70. The van der Waals surface area contributed by atoms with Gasteiger partial charge in [0.15, 0.2) is 0 Å². The lowest BCUT2D eigenvalue weighted by molar-refractivity contribution is -0.142. The van der Waals surface area contributed by atoms with Crippen LogP contribution >= 0.6 is 0 Å². The summed E-state index contributed by atoms with van der Waals surface area (Å²) in [6.45, 7) is 3.59. The summed E-state index contributed by atoms with van der Waals surface area (Å²) in [7, 11) is 0. The van der Waals surface area contributed by atoms with E-state index in [0.717, 1.165) is 24.8 Å². The quantitative estimate of drug-likeness (QED) is 0.542. The third-order valence-electron chi connectivity index (χ3n) is 3.34. The molecule has 0 fully saturated rings. The Morgan fingerprint density at radius 2 is 1.74 bits per heavy atom. The first-order chi connectivity index (χ1) is 10.7. The fraction of sp³-hybridized carbons (Fsp3) is 0.529. The van der Waals surface area contributed by atoms with Crippen LogP contribution in [0.15, 0.2) is 30.3 Å². The summed E-state index contributed by atoms with van der Waals surface area (Å²) in [5, 5.41) is 17.1. The van der Waals surface area contributed by atoms with Crippen molar-refractivity contribution in [2.45, 2.75) is 57.5 Å². The van der Waals surface area contributed by atoms with Crippen LogP contribution in [0.1, 0.15) is 45.1 Å². The van der Waals surface area contributed by atoms with Gasteiger partial charge >= 0.3 is 11.9 Å². The SMILES string of the molecule is CC(N)(Cc1ccccc1)C(=O)O.CCCCCC(N)C(=O)O. The van der Waals surface area contributed by atoms with E-state index in [4.69, 9.17) is 21.7 Å². The number of aliphatic carboxylic acids is 2. The van der Waals surface area contributed by atoms with Crippen LogP contribution < -0.4 is 11.5 Å². The van der Waals surface area contributed by atoms with Gasteiger partial charge in [0.05, 0.1) is 0 Å². The Balaban J connectivity index is 0.000000438. The molecule has 0 bridgehead atoms. The van der Waals surface area contributed by atoms with Crippen LogP contribution in [-0.2, 0) is 16.0 Å². The van der Waals surface area contributed by atoms with Crippen LogP contribution in [0.3, 0.4) is 0 Å². The maximum absolute atomic E-state index is 10.7. The molecule has 1 aromatic rings. The summed E-state index contributed by atoms with van der Waals surface area (Å²) in [5.74, 6) is -1.87. The van der Waals surface area contributed by atoms with Gasteiger partial charge < -0.3 is 21.7 Å². The van der Waals surface area contributed by atoms with E-state index in [1.165, 1.54) is 6.92 Å². The third-order valence-corrected chi connectivity index (χ3v) is 3.34. The number of rotatable bonds is 8. The molecule has 6 N–H and O–H groups in total. The smallest absolute Gasteiger partial charge is 0.323 e. The highest BCUT2D eigenvalue weighted by molar-refractivity contribution is 5.78. The molecule has 6 heteroatoms. The summed E-state index contributed by atoms with van der Waals surface area (Å²) in [5.41, 5.74) is 10.6. The molecular weight excluding hydrogens is 296 g/mol. The minimum Gasteiger partial charge on any atom is -0.480 e. The van der Waals surface area contributed by atoms with E-state index in [1.807, 2.05) is 30.3 Å². The van der Waals surface area contributed by atoms with E-state index in [9.17, 15) is 9.59 Å². The zero-order valence-corrected chi connectivity index (χ0v) is 13.9. The lowest BCUT2D eigenvalue weighted by Crippen LogP contribution is -2.46. The third kappa shape index (κ3) is 9.65. The minimum absolute atomic E-state index is 0.350. The fourth-order valence-electron chi connectivity index (χ4n) is 1.83. The highest BCUT2D eigenvalue weighted by Crippen LogP contribution is 2.10. The molecule has 0 saturated carbocycles. The molecular formula is C17H28N2O4. The monoisotopic (exact) mass is 324 g/mol. The van der Waals surface area contributed by atoms with Crippen molar-refractivity contribution in [2.24, 2.45) is 11.5 Å². The Bertz CT molecular complexity index is 475. The van der Waals surface area contributed by atoms with Gasteiger partial charge in [-0.1, -0.05) is 56.5 Å². The second-order valence-electron chi connectivity index (χ2n) is 5.83. The maximum atomic E-state index is 10.7. The molecule has 0 spiro atoms. The van der Waals surface area contributed by atoms with Crippen molar-refractivity contribution >= 4 is 11.9 Å². The highest BCUT2D eigenvalue weighted by Gasteiger charge is 2.27. The first-order valence-electron chi connectivity index (χ1n) is 7.75. The average molecular weight is 324 g/mol. The largest absolute Gasteiger partial charge is 0.480 e. The van der Waals surface area contributed by atoms with Crippen molar-refractivity contribution in [3.63, 3.8) is 0 Å². The molecule has 0 amide bonds. The van der Waals surface area contributed by atoms with Gasteiger partial charge in [-0.2, -0.15) is 0 Å². The summed E-state index contributed by atoms with van der Waals surface area (Å²) >= 11 is 0. The number of hydrogen-bond donors (Lipinski definition) is 4. The van der Waals surface area contributed by atoms with Gasteiger partial charge in [-0.3, -0.25) is 9.59 Å². The van der Waals surface area contributed by atoms with Crippen LogP contribution in [0.5, 0.6) is 0 Å². The topological polar surface area (TPSA) is 127 Å². The lowest BCUT2D eigenvalue weighted by atomic mass is 9.94. The molecule has 2 unspecified atom stereocenters. The van der Waals surface area contributed by atoms with Gasteiger partial charge in [0, 0.05) is 6.42 Å². The van der Waals surface area contributed by atoms with Crippen LogP contribution in [0.2, 0.25) is 0 Å². The Labute approximate surface area is 137 Å². The van der Waals surface area contributed by atoms with E-state index in [2.05, 4.69) is 6.92 Å². The van der Waals surface area contributed by atoms with Crippen LogP contribution in [0.25, 0.3) is 0 Å². The second-order valence-corrected chi connectivity index (χ2v) is 5.83. The van der Waals surface area contributed by atoms with E-state index < -0.39 is 23.5 Å². The zero-order valence-electron chi connectivity index (χ0n) is 13.9. The minimum atomic E-state index is -1.18.